The lowest BCUT2D eigenvalue weighted by atomic mass is 9.90. The molecule has 1 fully saturated rings. The van der Waals surface area contributed by atoms with Crippen LogP contribution in [0, 0.1) is 6.92 Å². The molecular formula is C22H26N2O2S. The first-order valence-electron chi connectivity index (χ1n) is 9.84. The monoisotopic (exact) mass is 382 g/mol. The maximum atomic E-state index is 12.7. The number of carbonyl (C=O) groups excluding carboxylic acids is 2. The minimum absolute atomic E-state index is 0.0925. The van der Waals surface area contributed by atoms with Gasteiger partial charge in [-0.3, -0.25) is 9.59 Å². The van der Waals surface area contributed by atoms with Crippen molar-refractivity contribution in [3.05, 3.63) is 56.8 Å². The van der Waals surface area contributed by atoms with E-state index >= 15 is 0 Å². The zero-order valence-electron chi connectivity index (χ0n) is 15.9. The van der Waals surface area contributed by atoms with Crippen molar-refractivity contribution in [2.75, 3.05) is 26.2 Å². The van der Waals surface area contributed by atoms with Gasteiger partial charge in [-0.25, -0.2) is 0 Å². The molecule has 1 aliphatic heterocycles. The van der Waals surface area contributed by atoms with E-state index in [-0.39, 0.29) is 11.8 Å². The Morgan fingerprint density at radius 2 is 1.63 bits per heavy atom. The number of carbonyl (C=O) groups is 2. The van der Waals surface area contributed by atoms with Gasteiger partial charge in [-0.1, -0.05) is 18.2 Å². The second kappa shape index (κ2) is 7.85. The number of rotatable bonds is 3. The van der Waals surface area contributed by atoms with E-state index in [2.05, 4.69) is 18.2 Å². The lowest BCUT2D eigenvalue weighted by Gasteiger charge is -2.34. The fourth-order valence-electron chi connectivity index (χ4n) is 4.05. The van der Waals surface area contributed by atoms with Crippen LogP contribution in [0.4, 0.5) is 0 Å². The Hall–Kier alpha value is -2.14. The van der Waals surface area contributed by atoms with Crippen LogP contribution in [-0.4, -0.2) is 47.8 Å². The highest BCUT2D eigenvalue weighted by Crippen LogP contribution is 2.23. The summed E-state index contributed by atoms with van der Waals surface area (Å²) in [6.45, 7) is 4.50. The number of thiophene rings is 1. The summed E-state index contributed by atoms with van der Waals surface area (Å²) in [6.07, 6.45) is 5.30. The third-order valence-electron chi connectivity index (χ3n) is 5.64. The third-order valence-corrected chi connectivity index (χ3v) is 6.63. The van der Waals surface area contributed by atoms with Gasteiger partial charge in [0.2, 0.25) is 5.91 Å². The van der Waals surface area contributed by atoms with Crippen molar-refractivity contribution in [1.82, 2.24) is 9.80 Å². The molecule has 1 aromatic heterocycles. The van der Waals surface area contributed by atoms with E-state index in [1.165, 1.54) is 41.7 Å². The van der Waals surface area contributed by atoms with Gasteiger partial charge in [0.25, 0.3) is 5.91 Å². The fraction of sp³-hybridized carbons (Fsp3) is 0.455. The Morgan fingerprint density at radius 1 is 0.926 bits per heavy atom. The first-order valence-corrected chi connectivity index (χ1v) is 10.7. The van der Waals surface area contributed by atoms with Crippen LogP contribution < -0.4 is 0 Å². The van der Waals surface area contributed by atoms with E-state index < -0.39 is 0 Å². The average molecular weight is 383 g/mol. The minimum atomic E-state index is 0.0925. The molecule has 0 atom stereocenters. The van der Waals surface area contributed by atoms with E-state index in [1.807, 2.05) is 28.9 Å². The van der Waals surface area contributed by atoms with Crippen LogP contribution in [0.2, 0.25) is 0 Å². The van der Waals surface area contributed by atoms with E-state index in [0.717, 1.165) is 21.7 Å². The largest absolute Gasteiger partial charge is 0.339 e. The van der Waals surface area contributed by atoms with Gasteiger partial charge in [-0.2, -0.15) is 0 Å². The smallest absolute Gasteiger partial charge is 0.264 e. The molecule has 2 aliphatic rings. The van der Waals surface area contributed by atoms with Gasteiger partial charge in [0.15, 0.2) is 0 Å². The number of piperazine rings is 1. The van der Waals surface area contributed by atoms with Crippen LogP contribution >= 0.6 is 11.3 Å². The Balaban J connectivity index is 1.33. The molecule has 1 saturated heterocycles. The summed E-state index contributed by atoms with van der Waals surface area (Å²) in [5, 5.41) is 0. The Labute approximate surface area is 164 Å². The maximum Gasteiger partial charge on any atom is 0.264 e. The highest BCUT2D eigenvalue weighted by molar-refractivity contribution is 7.13. The molecule has 2 amide bonds. The van der Waals surface area contributed by atoms with Crippen molar-refractivity contribution in [3.63, 3.8) is 0 Å². The predicted octanol–water partition coefficient (Wildman–Crippen LogP) is 3.46. The second-order valence-electron chi connectivity index (χ2n) is 7.57. The SMILES string of the molecule is Cc1ccc(C(=O)N2CCN(C(=O)Cc3ccc4c(c3)CCCC4)CC2)s1. The van der Waals surface area contributed by atoms with Crippen LogP contribution in [0.15, 0.2) is 30.3 Å². The molecule has 1 aromatic carbocycles. The molecule has 2 aromatic rings. The third kappa shape index (κ3) is 4.08. The molecule has 4 rings (SSSR count). The fourth-order valence-corrected chi connectivity index (χ4v) is 4.88. The van der Waals surface area contributed by atoms with Gasteiger partial charge >= 0.3 is 0 Å². The number of benzene rings is 1. The number of amides is 2. The predicted molar refractivity (Wildman–Crippen MR) is 108 cm³/mol. The minimum Gasteiger partial charge on any atom is -0.339 e. The van der Waals surface area contributed by atoms with Crippen molar-refractivity contribution >= 4 is 23.2 Å². The van der Waals surface area contributed by atoms with Gasteiger partial charge in [-0.15, -0.1) is 11.3 Å². The van der Waals surface area contributed by atoms with Crippen molar-refractivity contribution in [3.8, 4) is 0 Å². The summed E-state index contributed by atoms with van der Waals surface area (Å²) >= 11 is 1.54. The van der Waals surface area contributed by atoms with Gasteiger partial charge in [0.1, 0.15) is 0 Å². The molecule has 1 aliphatic carbocycles. The lowest BCUT2D eigenvalue weighted by molar-refractivity contribution is -0.131. The first-order chi connectivity index (χ1) is 13.1. The maximum absolute atomic E-state index is 12.7. The average Bonchev–Trinajstić information content (AvgIpc) is 3.14. The molecule has 0 saturated carbocycles. The Bertz CT molecular complexity index is 850. The van der Waals surface area contributed by atoms with Crippen LogP contribution in [0.3, 0.4) is 0 Å². The highest BCUT2D eigenvalue weighted by Gasteiger charge is 2.25. The molecule has 142 valence electrons. The van der Waals surface area contributed by atoms with Crippen molar-refractivity contribution in [2.24, 2.45) is 0 Å². The standard InChI is InChI=1S/C22H26N2O2S/c1-16-6-9-20(27-16)22(26)24-12-10-23(11-13-24)21(25)15-17-7-8-18-4-2-3-5-19(18)14-17/h6-9,14H,2-5,10-13,15H2,1H3. The van der Waals surface area contributed by atoms with E-state index in [0.29, 0.717) is 32.6 Å². The van der Waals surface area contributed by atoms with Gasteiger partial charge in [0, 0.05) is 31.1 Å². The molecule has 2 heterocycles. The van der Waals surface area contributed by atoms with Gasteiger partial charge in [-0.05, 0) is 61.4 Å². The summed E-state index contributed by atoms with van der Waals surface area (Å²) in [5.41, 5.74) is 4.00. The zero-order chi connectivity index (χ0) is 18.8. The summed E-state index contributed by atoms with van der Waals surface area (Å²) in [7, 11) is 0. The molecule has 0 bridgehead atoms. The van der Waals surface area contributed by atoms with Crippen molar-refractivity contribution in [1.29, 1.82) is 0 Å². The van der Waals surface area contributed by atoms with E-state index in [9.17, 15) is 9.59 Å². The first kappa shape index (κ1) is 18.2. The van der Waals surface area contributed by atoms with Crippen molar-refractivity contribution < 1.29 is 9.59 Å². The lowest BCUT2D eigenvalue weighted by Crippen LogP contribution is -2.50. The zero-order valence-corrected chi connectivity index (χ0v) is 16.7. The van der Waals surface area contributed by atoms with Crippen LogP contribution in [0.5, 0.6) is 0 Å². The molecule has 4 nitrogen and oxygen atoms in total. The molecule has 0 radical (unpaired) electrons. The van der Waals surface area contributed by atoms with Crippen LogP contribution in [0.25, 0.3) is 0 Å². The second-order valence-corrected chi connectivity index (χ2v) is 8.86. The molecule has 0 spiro atoms. The summed E-state index contributed by atoms with van der Waals surface area (Å²) in [4.78, 5) is 31.0. The van der Waals surface area contributed by atoms with Gasteiger partial charge < -0.3 is 9.80 Å². The molecule has 0 unspecified atom stereocenters. The molecule has 0 N–H and O–H groups in total. The quantitative estimate of drug-likeness (QED) is 0.816. The summed E-state index contributed by atoms with van der Waals surface area (Å²) in [5.74, 6) is 0.264. The van der Waals surface area contributed by atoms with Crippen LogP contribution in [0.1, 0.15) is 44.1 Å². The molecule has 5 heteroatoms. The molecule has 27 heavy (non-hydrogen) atoms. The van der Waals surface area contributed by atoms with E-state index in [4.69, 9.17) is 0 Å². The summed E-state index contributed by atoms with van der Waals surface area (Å²) < 4.78 is 0. The summed E-state index contributed by atoms with van der Waals surface area (Å²) in [6, 6.07) is 10.4. The number of hydrogen-bond acceptors (Lipinski definition) is 3. The highest BCUT2D eigenvalue weighted by atomic mass is 32.1. The number of fused-ring (bicyclic) bond motifs is 1. The van der Waals surface area contributed by atoms with Gasteiger partial charge in [0.05, 0.1) is 11.3 Å². The normalized spacial score (nSPS) is 16.9. The number of aryl methyl sites for hydroxylation is 3. The number of hydrogen-bond donors (Lipinski definition) is 0. The Morgan fingerprint density at radius 3 is 2.33 bits per heavy atom. The van der Waals surface area contributed by atoms with Crippen molar-refractivity contribution in [2.45, 2.75) is 39.0 Å². The van der Waals surface area contributed by atoms with Crippen LogP contribution in [-0.2, 0) is 24.1 Å². The topological polar surface area (TPSA) is 40.6 Å². The van der Waals surface area contributed by atoms with E-state index in [1.54, 1.807) is 0 Å². The number of nitrogens with zero attached hydrogens (tertiary/aromatic N) is 2. The molecular weight excluding hydrogens is 356 g/mol. The Kier molecular flexibility index (Phi) is 5.30.